The Labute approximate surface area is 383 Å². The van der Waals surface area contributed by atoms with Gasteiger partial charge in [-0.15, -0.1) is 0 Å². The first-order valence-corrected chi connectivity index (χ1v) is 20.6. The Morgan fingerprint density at radius 1 is 0.642 bits per heavy atom. The molecule has 2 aliphatic heterocycles. The lowest BCUT2D eigenvalue weighted by atomic mass is 9.94. The number of hydrogen-bond acceptors (Lipinski definition) is 20. The van der Waals surface area contributed by atoms with Crippen LogP contribution < -0.4 is 10.6 Å². The Morgan fingerprint density at radius 3 is 1.67 bits per heavy atom. The van der Waals surface area contributed by atoms with Crippen molar-refractivity contribution in [2.24, 2.45) is 0 Å². The van der Waals surface area contributed by atoms with Gasteiger partial charge < -0.3 is 67.8 Å². The van der Waals surface area contributed by atoms with Crippen LogP contribution in [0.15, 0.2) is 73.3 Å². The van der Waals surface area contributed by atoms with E-state index in [9.17, 15) is 48.3 Å². The van der Waals surface area contributed by atoms with Gasteiger partial charge in [0.2, 0.25) is 5.91 Å². The highest BCUT2D eigenvalue weighted by molar-refractivity contribution is 5.90. The highest BCUT2D eigenvalue weighted by atomic mass is 16.8. The highest BCUT2D eigenvalue weighted by Crippen LogP contribution is 2.35. The molecule has 364 valence electrons. The van der Waals surface area contributed by atoms with Crippen LogP contribution in [-0.2, 0) is 80.9 Å². The molecule has 0 aliphatic carbocycles. The molecule has 12 atom stereocenters. The van der Waals surface area contributed by atoms with E-state index in [2.05, 4.69) is 17.2 Å². The second kappa shape index (κ2) is 25.1. The lowest BCUT2D eigenvalue weighted by Gasteiger charge is -2.49. The second-order valence-corrected chi connectivity index (χ2v) is 14.8. The van der Waals surface area contributed by atoms with Crippen molar-refractivity contribution in [3.8, 4) is 0 Å². The van der Waals surface area contributed by atoms with Crippen LogP contribution in [-0.4, -0.2) is 152 Å². The summed E-state index contributed by atoms with van der Waals surface area (Å²) < 4.78 is 63.7. The third-order valence-corrected chi connectivity index (χ3v) is 9.59. The maximum atomic E-state index is 14.0. The lowest BCUT2D eigenvalue weighted by molar-refractivity contribution is -0.348. The first-order valence-electron chi connectivity index (χ1n) is 20.6. The standard InChI is InChI=1S/C44H52N2O21/c1-8-19-57-44(56)46-32(39(52)53)22(2)60-42-33(45-23(3)47)36(34(66-41(55)29-17-13-10-14-18-29)31(64-42)21-59-40(54)28-15-11-9-12-16-28)67-43-38(63-27(7)51)37(62-26(6)50)35(61-25(5)49)30(65-43)20-58-24(4)48/h8-18,22,30-38,42-43H,1,19-21H2,2-7H3,(H,45,47)(H,46,56)(H,52,53)/t22-,30-,31-,32+,33-,34+,35+,36-,37+,38-,42+,43+/m1/s1. The van der Waals surface area contributed by atoms with Gasteiger partial charge in [-0.2, -0.15) is 0 Å². The summed E-state index contributed by atoms with van der Waals surface area (Å²) in [6, 6.07) is 11.6. The minimum atomic E-state index is -1.99. The van der Waals surface area contributed by atoms with E-state index in [4.69, 9.17) is 52.1 Å². The molecule has 0 spiro atoms. The summed E-state index contributed by atoms with van der Waals surface area (Å²) >= 11 is 0. The maximum absolute atomic E-state index is 14.0. The van der Waals surface area contributed by atoms with Gasteiger partial charge in [0.25, 0.3) is 0 Å². The number of benzene rings is 2. The van der Waals surface area contributed by atoms with Crippen LogP contribution in [0.4, 0.5) is 4.79 Å². The number of ether oxygens (including phenoxy) is 11. The molecule has 3 N–H and O–H groups in total. The first-order chi connectivity index (χ1) is 31.8. The average molecular weight is 945 g/mol. The molecular weight excluding hydrogens is 892 g/mol. The Bertz CT molecular complexity index is 2080. The molecule has 23 heteroatoms. The topological polar surface area (TPSA) is 299 Å². The van der Waals surface area contributed by atoms with E-state index in [1.165, 1.54) is 49.4 Å². The number of carbonyl (C=O) groups excluding carboxylic acids is 8. The van der Waals surface area contributed by atoms with Crippen LogP contribution in [0.25, 0.3) is 0 Å². The van der Waals surface area contributed by atoms with E-state index in [0.717, 1.165) is 34.6 Å². The predicted octanol–water partition coefficient (Wildman–Crippen LogP) is 1.54. The first kappa shape index (κ1) is 52.7. The van der Waals surface area contributed by atoms with Gasteiger partial charge in [0.05, 0.1) is 17.2 Å². The number of carboxylic acids is 1. The van der Waals surface area contributed by atoms with Crippen LogP contribution >= 0.6 is 0 Å². The minimum absolute atomic E-state index is 0.00429. The second-order valence-electron chi connectivity index (χ2n) is 14.8. The monoisotopic (exact) mass is 944 g/mol. The van der Waals surface area contributed by atoms with E-state index in [0.29, 0.717) is 0 Å². The molecular formula is C44H52N2O21. The summed E-state index contributed by atoms with van der Waals surface area (Å²) in [5.41, 5.74) is 0.0908. The summed E-state index contributed by atoms with van der Waals surface area (Å²) in [7, 11) is 0. The molecule has 0 aromatic heterocycles. The van der Waals surface area contributed by atoms with Gasteiger partial charge in [-0.1, -0.05) is 49.1 Å². The summed E-state index contributed by atoms with van der Waals surface area (Å²) in [5.74, 6) is -8.01. The Morgan fingerprint density at radius 2 is 1.15 bits per heavy atom. The summed E-state index contributed by atoms with van der Waals surface area (Å²) in [6.07, 6.45) is -17.4. The number of nitrogens with one attached hydrogen (secondary N) is 2. The number of rotatable bonds is 20. The summed E-state index contributed by atoms with van der Waals surface area (Å²) in [6.45, 7) is 8.08. The van der Waals surface area contributed by atoms with Crippen molar-refractivity contribution in [1.29, 1.82) is 0 Å². The molecule has 0 radical (unpaired) electrons. The third kappa shape index (κ3) is 15.6. The molecule has 2 saturated heterocycles. The number of hydrogen-bond donors (Lipinski definition) is 3. The molecule has 2 heterocycles. The molecule has 2 amide bonds. The SMILES string of the molecule is C=CCOC(=O)N[C@H](C(=O)O)[C@@H](C)O[C@H]1O[C@H](COC(=O)c2ccccc2)[C@H](OC(=O)c2ccccc2)[C@H](O[C@@H]2O[C@H](COC(C)=O)[C@H](OC(C)=O)[C@H](OC(C)=O)[C@H]2OC(C)=O)[C@H]1NC(C)=O. The van der Waals surface area contributed by atoms with E-state index in [-0.39, 0.29) is 17.7 Å². The number of carbonyl (C=O) groups is 9. The number of carboxylic acid groups (broad SMARTS) is 1. The molecule has 0 unspecified atom stereocenters. The molecule has 0 bridgehead atoms. The highest BCUT2D eigenvalue weighted by Gasteiger charge is 2.57. The average Bonchev–Trinajstić information content (AvgIpc) is 3.26. The summed E-state index contributed by atoms with van der Waals surface area (Å²) in [4.78, 5) is 115. The van der Waals surface area contributed by atoms with Gasteiger partial charge in [0.15, 0.2) is 43.0 Å². The van der Waals surface area contributed by atoms with E-state index in [1.807, 2.05) is 0 Å². The van der Waals surface area contributed by atoms with Crippen molar-refractivity contribution in [2.45, 2.75) is 115 Å². The fourth-order valence-corrected chi connectivity index (χ4v) is 6.85. The molecule has 2 aliphatic rings. The zero-order valence-corrected chi connectivity index (χ0v) is 37.2. The molecule has 2 aromatic carbocycles. The molecule has 2 aromatic rings. The fraction of sp³-hybridized carbons (Fsp3) is 0.477. The Kier molecular flexibility index (Phi) is 19.7. The lowest BCUT2D eigenvalue weighted by Crippen LogP contribution is -2.70. The normalized spacial score (nSPS) is 25.3. The van der Waals surface area contributed by atoms with Crippen LogP contribution in [0, 0.1) is 0 Å². The third-order valence-electron chi connectivity index (χ3n) is 9.59. The van der Waals surface area contributed by atoms with Crippen molar-refractivity contribution in [1.82, 2.24) is 10.6 Å². The van der Waals surface area contributed by atoms with E-state index < -0.39 is 140 Å². The largest absolute Gasteiger partial charge is 0.480 e. The van der Waals surface area contributed by atoms with Gasteiger partial charge in [0.1, 0.15) is 44.2 Å². The van der Waals surface area contributed by atoms with Gasteiger partial charge in [-0.3, -0.25) is 24.0 Å². The molecule has 23 nitrogen and oxygen atoms in total. The van der Waals surface area contributed by atoms with Crippen molar-refractivity contribution in [3.63, 3.8) is 0 Å². The van der Waals surface area contributed by atoms with Gasteiger partial charge in [-0.05, 0) is 31.2 Å². The number of esters is 6. The smallest absolute Gasteiger partial charge is 0.408 e. The van der Waals surface area contributed by atoms with Crippen molar-refractivity contribution >= 4 is 53.8 Å². The summed E-state index contributed by atoms with van der Waals surface area (Å²) in [5, 5.41) is 14.9. The van der Waals surface area contributed by atoms with Crippen LogP contribution in [0.2, 0.25) is 0 Å². The van der Waals surface area contributed by atoms with Crippen molar-refractivity contribution in [2.75, 3.05) is 19.8 Å². The van der Waals surface area contributed by atoms with Crippen molar-refractivity contribution < 1.29 is 100 Å². The van der Waals surface area contributed by atoms with Crippen LogP contribution in [0.1, 0.15) is 62.3 Å². The molecule has 4 rings (SSSR count). The van der Waals surface area contributed by atoms with Gasteiger partial charge in [0, 0.05) is 34.6 Å². The number of aliphatic carboxylic acids is 1. The zero-order chi connectivity index (χ0) is 49.4. The van der Waals surface area contributed by atoms with Crippen molar-refractivity contribution in [3.05, 3.63) is 84.4 Å². The van der Waals surface area contributed by atoms with Gasteiger partial charge in [-0.25, -0.2) is 19.2 Å². The fourth-order valence-electron chi connectivity index (χ4n) is 6.85. The van der Waals surface area contributed by atoms with Crippen LogP contribution in [0.5, 0.6) is 0 Å². The quantitative estimate of drug-likeness (QED) is 0.0963. The Hall–Kier alpha value is -6.95. The maximum Gasteiger partial charge on any atom is 0.408 e. The Balaban J connectivity index is 1.93. The minimum Gasteiger partial charge on any atom is -0.480 e. The molecule has 67 heavy (non-hydrogen) atoms. The van der Waals surface area contributed by atoms with Crippen LogP contribution in [0.3, 0.4) is 0 Å². The molecule has 0 saturated carbocycles. The van der Waals surface area contributed by atoms with E-state index in [1.54, 1.807) is 24.3 Å². The predicted molar refractivity (Wildman–Crippen MR) is 222 cm³/mol. The zero-order valence-electron chi connectivity index (χ0n) is 37.2. The van der Waals surface area contributed by atoms with E-state index >= 15 is 0 Å². The molecule has 2 fully saturated rings. The number of alkyl carbamates (subject to hydrolysis) is 1. The van der Waals surface area contributed by atoms with Gasteiger partial charge >= 0.3 is 47.9 Å². The number of amides is 2.